The molecule has 1 aromatic carbocycles. The summed E-state index contributed by atoms with van der Waals surface area (Å²) in [6.07, 6.45) is 0.475. The van der Waals surface area contributed by atoms with Gasteiger partial charge in [0.05, 0.1) is 5.57 Å². The molecule has 0 aliphatic rings. The minimum atomic E-state index is -0.902. The predicted octanol–water partition coefficient (Wildman–Crippen LogP) is 2.82. The molecule has 3 heteroatoms. The minimum absolute atomic E-state index is 0.347. The van der Waals surface area contributed by atoms with Crippen molar-refractivity contribution in [2.45, 2.75) is 13.3 Å². The zero-order valence-corrected chi connectivity index (χ0v) is 8.79. The zero-order chi connectivity index (χ0) is 10.6. The number of aliphatic carboxylic acids is 1. The predicted molar refractivity (Wildman–Crippen MR) is 60.3 cm³/mol. The highest BCUT2D eigenvalue weighted by Crippen LogP contribution is 2.24. The first kappa shape index (κ1) is 10.9. The van der Waals surface area contributed by atoms with Crippen molar-refractivity contribution >= 4 is 23.5 Å². The fraction of sp³-hybridized carbons (Fsp3) is 0.182. The van der Waals surface area contributed by atoms with Crippen LogP contribution in [0.4, 0.5) is 0 Å². The van der Waals surface area contributed by atoms with Crippen molar-refractivity contribution in [3.8, 4) is 0 Å². The molecule has 0 atom stereocenters. The molecule has 0 unspecified atom stereocenters. The second kappa shape index (κ2) is 4.86. The second-order valence-electron chi connectivity index (χ2n) is 2.85. The maximum Gasteiger partial charge on any atom is 0.332 e. The van der Waals surface area contributed by atoms with Gasteiger partial charge in [-0.2, -0.15) is 0 Å². The lowest BCUT2D eigenvalue weighted by Gasteiger charge is -2.04. The molecule has 1 N–H and O–H groups in total. The summed E-state index contributed by atoms with van der Waals surface area (Å²) >= 11 is 4.23. The molecule has 0 aliphatic heterocycles. The highest BCUT2D eigenvalue weighted by atomic mass is 32.1. The van der Waals surface area contributed by atoms with Crippen LogP contribution in [0.5, 0.6) is 0 Å². The topological polar surface area (TPSA) is 37.3 Å². The Morgan fingerprint density at radius 1 is 1.36 bits per heavy atom. The Bertz CT molecular complexity index is 355. The van der Waals surface area contributed by atoms with Crippen LogP contribution >= 0.6 is 12.6 Å². The van der Waals surface area contributed by atoms with Crippen LogP contribution in [0.1, 0.15) is 18.9 Å². The molecular formula is C11H12O2S. The average molecular weight is 208 g/mol. The summed E-state index contributed by atoms with van der Waals surface area (Å²) in [7, 11) is 0. The molecule has 1 aromatic rings. The van der Waals surface area contributed by atoms with Crippen molar-refractivity contribution in [1.29, 1.82) is 0 Å². The Labute approximate surface area is 88.7 Å². The van der Waals surface area contributed by atoms with Crippen molar-refractivity contribution < 1.29 is 9.90 Å². The monoisotopic (exact) mass is 208 g/mol. The summed E-state index contributed by atoms with van der Waals surface area (Å²) in [4.78, 5) is 11.4. The van der Waals surface area contributed by atoms with Crippen LogP contribution < -0.4 is 0 Å². The van der Waals surface area contributed by atoms with Crippen LogP contribution in [0.3, 0.4) is 0 Å². The van der Waals surface area contributed by atoms with Gasteiger partial charge >= 0.3 is 5.97 Å². The fourth-order valence-corrected chi connectivity index (χ4v) is 1.59. The van der Waals surface area contributed by atoms with Crippen LogP contribution in [0.15, 0.2) is 35.9 Å². The van der Waals surface area contributed by atoms with E-state index in [2.05, 4.69) is 12.6 Å². The van der Waals surface area contributed by atoms with Gasteiger partial charge in [0.1, 0.15) is 0 Å². The van der Waals surface area contributed by atoms with Gasteiger partial charge in [0, 0.05) is 4.91 Å². The normalized spacial score (nSPS) is 12.1. The van der Waals surface area contributed by atoms with Crippen LogP contribution in [-0.4, -0.2) is 11.1 Å². The number of benzene rings is 1. The highest BCUT2D eigenvalue weighted by molar-refractivity contribution is 7.90. The molecule has 0 heterocycles. The number of hydrogen-bond acceptors (Lipinski definition) is 2. The lowest BCUT2D eigenvalue weighted by Crippen LogP contribution is -2.01. The molecule has 2 nitrogen and oxygen atoms in total. The number of carbonyl (C=O) groups is 1. The molecule has 74 valence electrons. The van der Waals surface area contributed by atoms with Gasteiger partial charge < -0.3 is 5.11 Å². The van der Waals surface area contributed by atoms with E-state index >= 15 is 0 Å². The molecule has 0 radical (unpaired) electrons. The number of thiol groups is 1. The first-order valence-corrected chi connectivity index (χ1v) is 4.82. The van der Waals surface area contributed by atoms with Gasteiger partial charge in [0.15, 0.2) is 0 Å². The van der Waals surface area contributed by atoms with E-state index < -0.39 is 5.97 Å². The highest BCUT2D eigenvalue weighted by Gasteiger charge is 2.10. The molecule has 0 fully saturated rings. The van der Waals surface area contributed by atoms with E-state index in [9.17, 15) is 4.79 Å². The summed E-state index contributed by atoms with van der Waals surface area (Å²) < 4.78 is 0. The summed E-state index contributed by atoms with van der Waals surface area (Å²) in [5, 5.41) is 8.90. The van der Waals surface area contributed by atoms with Crippen LogP contribution in [0, 0.1) is 0 Å². The molecule has 0 aliphatic carbocycles. The van der Waals surface area contributed by atoms with Gasteiger partial charge in [-0.05, 0) is 12.0 Å². The maximum atomic E-state index is 10.8. The molecule has 1 rings (SSSR count). The Balaban J connectivity index is 3.15. The summed E-state index contributed by atoms with van der Waals surface area (Å²) in [5.74, 6) is -0.902. The second-order valence-corrected chi connectivity index (χ2v) is 3.30. The van der Waals surface area contributed by atoms with Crippen LogP contribution in [0.2, 0.25) is 0 Å². The zero-order valence-electron chi connectivity index (χ0n) is 7.90. The summed E-state index contributed by atoms with van der Waals surface area (Å²) in [5.41, 5.74) is 1.19. The molecule has 14 heavy (non-hydrogen) atoms. The molecule has 0 aromatic heterocycles. The van der Waals surface area contributed by atoms with Crippen molar-refractivity contribution in [2.24, 2.45) is 0 Å². The largest absolute Gasteiger partial charge is 0.478 e. The van der Waals surface area contributed by atoms with E-state index in [1.54, 1.807) is 0 Å². The summed E-state index contributed by atoms with van der Waals surface area (Å²) in [6, 6.07) is 9.31. The molecule has 0 bridgehead atoms. The van der Waals surface area contributed by atoms with Gasteiger partial charge in [-0.1, -0.05) is 37.3 Å². The first-order valence-electron chi connectivity index (χ1n) is 4.37. The van der Waals surface area contributed by atoms with Gasteiger partial charge in [-0.3, -0.25) is 0 Å². The lowest BCUT2D eigenvalue weighted by molar-refractivity contribution is -0.132. The third-order valence-electron chi connectivity index (χ3n) is 1.94. The first-order chi connectivity index (χ1) is 6.66. The number of hydrogen-bond donors (Lipinski definition) is 2. The summed E-state index contributed by atoms with van der Waals surface area (Å²) in [6.45, 7) is 1.81. The standard InChI is InChI=1S/C11H12O2S/c1-2-9(11(12)13)10(14)8-6-4-3-5-7-8/h3-7,14H,2H2,1H3,(H,12,13). The molecule has 0 saturated carbocycles. The maximum absolute atomic E-state index is 10.8. The number of carboxylic acids is 1. The van der Waals surface area contributed by atoms with Crippen molar-refractivity contribution in [1.82, 2.24) is 0 Å². The van der Waals surface area contributed by atoms with E-state index in [1.807, 2.05) is 37.3 Å². The van der Waals surface area contributed by atoms with E-state index in [1.165, 1.54) is 0 Å². The molecular weight excluding hydrogens is 196 g/mol. The lowest BCUT2D eigenvalue weighted by atomic mass is 10.1. The van der Waals surface area contributed by atoms with E-state index in [0.29, 0.717) is 16.9 Å². The minimum Gasteiger partial charge on any atom is -0.478 e. The van der Waals surface area contributed by atoms with Crippen LogP contribution in [0.25, 0.3) is 4.91 Å². The fourth-order valence-electron chi connectivity index (χ4n) is 1.19. The van der Waals surface area contributed by atoms with Gasteiger partial charge in [-0.15, -0.1) is 12.6 Å². The Kier molecular flexibility index (Phi) is 3.77. The molecule has 0 saturated heterocycles. The Morgan fingerprint density at radius 2 is 1.93 bits per heavy atom. The molecule has 0 spiro atoms. The number of carboxylic acid groups (broad SMARTS) is 1. The quantitative estimate of drug-likeness (QED) is 0.592. The average Bonchev–Trinajstić information content (AvgIpc) is 2.19. The van der Waals surface area contributed by atoms with E-state index in [4.69, 9.17) is 5.11 Å². The van der Waals surface area contributed by atoms with Gasteiger partial charge in [0.25, 0.3) is 0 Å². The Hall–Kier alpha value is -1.22. The number of rotatable bonds is 3. The van der Waals surface area contributed by atoms with E-state index in [-0.39, 0.29) is 0 Å². The smallest absolute Gasteiger partial charge is 0.332 e. The van der Waals surface area contributed by atoms with Crippen LogP contribution in [-0.2, 0) is 4.79 Å². The third kappa shape index (κ3) is 2.39. The van der Waals surface area contributed by atoms with E-state index in [0.717, 1.165) is 5.56 Å². The van der Waals surface area contributed by atoms with Crippen molar-refractivity contribution in [2.75, 3.05) is 0 Å². The van der Waals surface area contributed by atoms with Crippen molar-refractivity contribution in [3.63, 3.8) is 0 Å². The third-order valence-corrected chi connectivity index (χ3v) is 2.47. The molecule has 0 amide bonds. The van der Waals surface area contributed by atoms with Gasteiger partial charge in [0.2, 0.25) is 0 Å². The van der Waals surface area contributed by atoms with Crippen molar-refractivity contribution in [3.05, 3.63) is 41.5 Å². The Morgan fingerprint density at radius 3 is 2.36 bits per heavy atom. The van der Waals surface area contributed by atoms with Gasteiger partial charge in [-0.25, -0.2) is 4.79 Å². The SMILES string of the molecule is CCC(C(=O)O)=C(S)c1ccccc1.